The van der Waals surface area contributed by atoms with Crippen LogP contribution in [-0.4, -0.2) is 30.8 Å². The van der Waals surface area contributed by atoms with Gasteiger partial charge >= 0.3 is 11.7 Å². The third-order valence-corrected chi connectivity index (χ3v) is 3.61. The number of hydrogen-bond acceptors (Lipinski definition) is 5. The van der Waals surface area contributed by atoms with Crippen molar-refractivity contribution in [3.63, 3.8) is 0 Å². The van der Waals surface area contributed by atoms with Crippen molar-refractivity contribution in [3.05, 3.63) is 33.9 Å². The number of nitrogens with one attached hydrogen (secondary N) is 1. The maximum atomic E-state index is 11.3. The van der Waals surface area contributed by atoms with Gasteiger partial charge in [-0.05, 0) is 30.3 Å². The van der Waals surface area contributed by atoms with Crippen LogP contribution < -0.4 is 5.69 Å². The van der Waals surface area contributed by atoms with Crippen LogP contribution >= 0.6 is 11.8 Å². The lowest BCUT2D eigenvalue weighted by molar-refractivity contribution is 0.0696. The molecular formula is C12H14N4O3S. The normalized spacial score (nSPS) is 10.7. The van der Waals surface area contributed by atoms with Gasteiger partial charge in [0.2, 0.25) is 0 Å². The number of pyridine rings is 1. The zero-order valence-electron chi connectivity index (χ0n) is 11.1. The summed E-state index contributed by atoms with van der Waals surface area (Å²) in [6.45, 7) is 2.00. The molecule has 0 aliphatic heterocycles. The fourth-order valence-corrected chi connectivity index (χ4v) is 2.48. The highest BCUT2D eigenvalue weighted by molar-refractivity contribution is 7.99. The lowest BCUT2D eigenvalue weighted by atomic mass is 10.2. The lowest BCUT2D eigenvalue weighted by Gasteiger charge is -2.05. The van der Waals surface area contributed by atoms with E-state index < -0.39 is 5.97 Å². The van der Waals surface area contributed by atoms with Gasteiger partial charge in [-0.3, -0.25) is 4.57 Å². The highest BCUT2D eigenvalue weighted by Crippen LogP contribution is 2.24. The second-order valence-corrected chi connectivity index (χ2v) is 5.20. The van der Waals surface area contributed by atoms with Crippen molar-refractivity contribution in [2.24, 2.45) is 7.05 Å². The standard InChI is InChI=1S/C12H14N4O3S/c1-3-4-8-5-7(10(17)18)6-9(13-8)20-12-15-14-11(19)16(12)2/h5-6H,3-4H2,1-2H3,(H,14,19)(H,17,18). The number of carboxylic acid groups (broad SMARTS) is 1. The minimum Gasteiger partial charge on any atom is -0.478 e. The number of carboxylic acids is 1. The fraction of sp³-hybridized carbons (Fsp3) is 0.333. The molecule has 0 spiro atoms. The maximum Gasteiger partial charge on any atom is 0.343 e. The first kappa shape index (κ1) is 14.3. The summed E-state index contributed by atoms with van der Waals surface area (Å²) in [6.07, 6.45) is 1.58. The predicted molar refractivity (Wildman–Crippen MR) is 73.1 cm³/mol. The van der Waals surface area contributed by atoms with Gasteiger partial charge in [-0.2, -0.15) is 0 Å². The third kappa shape index (κ3) is 3.08. The molecule has 7 nitrogen and oxygen atoms in total. The molecule has 2 rings (SSSR count). The summed E-state index contributed by atoms with van der Waals surface area (Å²) in [4.78, 5) is 26.8. The summed E-state index contributed by atoms with van der Waals surface area (Å²) in [5, 5.41) is 16.2. The van der Waals surface area contributed by atoms with Crippen LogP contribution in [0.15, 0.2) is 27.1 Å². The summed E-state index contributed by atoms with van der Waals surface area (Å²) < 4.78 is 1.35. The number of aromatic amines is 1. The number of H-pyrrole nitrogens is 1. The number of aromatic nitrogens is 4. The number of hydrogen-bond donors (Lipinski definition) is 2. The summed E-state index contributed by atoms with van der Waals surface area (Å²) in [5.74, 6) is -0.998. The van der Waals surface area contributed by atoms with Crippen molar-refractivity contribution in [2.45, 2.75) is 29.9 Å². The largest absolute Gasteiger partial charge is 0.478 e. The maximum absolute atomic E-state index is 11.3. The first-order chi connectivity index (χ1) is 9.51. The van der Waals surface area contributed by atoms with Crippen LogP contribution in [-0.2, 0) is 13.5 Å². The molecule has 0 amide bonds. The van der Waals surface area contributed by atoms with Crippen molar-refractivity contribution >= 4 is 17.7 Å². The van der Waals surface area contributed by atoms with Crippen LogP contribution in [0, 0.1) is 0 Å². The van der Waals surface area contributed by atoms with E-state index in [1.165, 1.54) is 10.6 Å². The molecule has 2 N–H and O–H groups in total. The van der Waals surface area contributed by atoms with Crippen LogP contribution in [0.4, 0.5) is 0 Å². The third-order valence-electron chi connectivity index (χ3n) is 2.64. The Morgan fingerprint density at radius 2 is 2.25 bits per heavy atom. The molecule has 2 aromatic rings. The molecule has 0 bridgehead atoms. The Balaban J connectivity index is 2.37. The van der Waals surface area contributed by atoms with Crippen LogP contribution in [0.3, 0.4) is 0 Å². The van der Waals surface area contributed by atoms with Crippen LogP contribution in [0.1, 0.15) is 29.4 Å². The second kappa shape index (κ2) is 5.91. The van der Waals surface area contributed by atoms with Gasteiger partial charge in [0.1, 0.15) is 5.03 Å². The van der Waals surface area contributed by atoms with Crippen LogP contribution in [0.25, 0.3) is 0 Å². The molecule has 0 saturated heterocycles. The van der Waals surface area contributed by atoms with Crippen molar-refractivity contribution in [3.8, 4) is 0 Å². The van der Waals surface area contributed by atoms with E-state index >= 15 is 0 Å². The monoisotopic (exact) mass is 294 g/mol. The van der Waals surface area contributed by atoms with E-state index in [9.17, 15) is 9.59 Å². The minimum atomic E-state index is -0.998. The Morgan fingerprint density at radius 3 is 2.80 bits per heavy atom. The fourth-order valence-electron chi connectivity index (χ4n) is 1.64. The van der Waals surface area contributed by atoms with E-state index in [4.69, 9.17) is 5.11 Å². The molecular weight excluding hydrogens is 280 g/mol. The molecule has 0 fully saturated rings. The molecule has 0 aromatic carbocycles. The average molecular weight is 294 g/mol. The van der Waals surface area contributed by atoms with E-state index in [-0.39, 0.29) is 11.3 Å². The van der Waals surface area contributed by atoms with Gasteiger partial charge < -0.3 is 5.11 Å². The van der Waals surface area contributed by atoms with Crippen molar-refractivity contribution in [2.75, 3.05) is 0 Å². The van der Waals surface area contributed by atoms with E-state index in [0.29, 0.717) is 16.6 Å². The highest BCUT2D eigenvalue weighted by atomic mass is 32.2. The van der Waals surface area contributed by atoms with Crippen molar-refractivity contribution in [1.29, 1.82) is 0 Å². The van der Waals surface area contributed by atoms with E-state index in [1.807, 2.05) is 6.92 Å². The second-order valence-electron chi connectivity index (χ2n) is 4.21. The van der Waals surface area contributed by atoms with Gasteiger partial charge in [-0.1, -0.05) is 13.3 Å². The molecule has 0 saturated carbocycles. The van der Waals surface area contributed by atoms with E-state index in [1.54, 1.807) is 13.1 Å². The van der Waals surface area contributed by atoms with Crippen molar-refractivity contribution < 1.29 is 9.90 Å². The van der Waals surface area contributed by atoms with Gasteiger partial charge in [0, 0.05) is 12.7 Å². The van der Waals surface area contributed by atoms with Gasteiger partial charge in [0.05, 0.1) is 5.56 Å². The Labute approximate surface area is 119 Å². The molecule has 2 aromatic heterocycles. The van der Waals surface area contributed by atoms with Crippen LogP contribution in [0.2, 0.25) is 0 Å². The molecule has 0 aliphatic rings. The lowest BCUT2D eigenvalue weighted by Crippen LogP contribution is -2.12. The quantitative estimate of drug-likeness (QED) is 0.862. The topological polar surface area (TPSA) is 101 Å². The molecule has 0 unspecified atom stereocenters. The Morgan fingerprint density at radius 1 is 1.50 bits per heavy atom. The summed E-state index contributed by atoms with van der Waals surface area (Å²) >= 11 is 1.15. The molecule has 106 valence electrons. The zero-order chi connectivity index (χ0) is 14.7. The van der Waals surface area contributed by atoms with Gasteiger partial charge in [-0.15, -0.1) is 5.10 Å². The van der Waals surface area contributed by atoms with Crippen LogP contribution in [0.5, 0.6) is 0 Å². The summed E-state index contributed by atoms with van der Waals surface area (Å²) in [6, 6.07) is 3.05. The van der Waals surface area contributed by atoms with Crippen molar-refractivity contribution in [1.82, 2.24) is 19.7 Å². The Kier molecular flexibility index (Phi) is 4.23. The first-order valence-corrected chi connectivity index (χ1v) is 6.86. The summed E-state index contributed by atoms with van der Waals surface area (Å²) in [5.41, 5.74) is 0.581. The Bertz CT molecular complexity index is 692. The molecule has 2 heterocycles. The average Bonchev–Trinajstić information content (AvgIpc) is 2.71. The van der Waals surface area contributed by atoms with E-state index in [0.717, 1.165) is 23.9 Å². The number of nitrogens with zero attached hydrogens (tertiary/aromatic N) is 3. The van der Waals surface area contributed by atoms with Gasteiger partial charge in [0.15, 0.2) is 5.16 Å². The minimum absolute atomic E-state index is 0.187. The smallest absolute Gasteiger partial charge is 0.343 e. The zero-order valence-corrected chi connectivity index (χ0v) is 11.9. The Hall–Kier alpha value is -2.09. The number of aryl methyl sites for hydroxylation is 1. The van der Waals surface area contributed by atoms with E-state index in [2.05, 4.69) is 15.2 Å². The number of aromatic carboxylic acids is 1. The van der Waals surface area contributed by atoms with Gasteiger partial charge in [-0.25, -0.2) is 19.7 Å². The molecule has 0 radical (unpaired) electrons. The molecule has 8 heteroatoms. The highest BCUT2D eigenvalue weighted by Gasteiger charge is 2.12. The molecule has 20 heavy (non-hydrogen) atoms. The first-order valence-electron chi connectivity index (χ1n) is 6.04. The van der Waals surface area contributed by atoms with Gasteiger partial charge in [0.25, 0.3) is 0 Å². The number of carbonyl (C=O) groups is 1. The predicted octanol–water partition coefficient (Wildman–Crippen LogP) is 1.31. The summed E-state index contributed by atoms with van der Waals surface area (Å²) in [7, 11) is 1.59. The molecule has 0 atom stereocenters. The SMILES string of the molecule is CCCc1cc(C(=O)O)cc(Sc2n[nH]c(=O)n2C)n1. The molecule has 0 aliphatic carbocycles. The number of rotatable bonds is 5.